The van der Waals surface area contributed by atoms with Crippen LogP contribution in [0.15, 0.2) is 47.3 Å². The lowest BCUT2D eigenvalue weighted by Crippen LogP contribution is -2.55. The molecule has 4 aliphatic rings. The number of carboxylic acid groups (broad SMARTS) is 1. The molecule has 4 aromatic rings. The first-order valence-corrected chi connectivity index (χ1v) is 29.9. The van der Waals surface area contributed by atoms with Crippen LogP contribution in [-0.4, -0.2) is 118 Å². The minimum Gasteiger partial charge on any atom is -0.481 e. The number of aromatic nitrogens is 2. The molecule has 6 atom stereocenters. The van der Waals surface area contributed by atoms with Crippen LogP contribution in [0, 0.1) is 5.92 Å². The van der Waals surface area contributed by atoms with Crippen LogP contribution in [0.4, 0.5) is 10.5 Å². The number of hydrogen-bond donors (Lipinski definition) is 7. The fourth-order valence-electron chi connectivity index (χ4n) is 10.4. The topological polar surface area (TPSA) is 329 Å². The molecule has 0 spiro atoms. The second-order valence-electron chi connectivity index (χ2n) is 21.8. The number of esters is 1. The molecule has 0 bridgehead atoms. The molecule has 0 aliphatic carbocycles. The van der Waals surface area contributed by atoms with Gasteiger partial charge in [0.15, 0.2) is 17.1 Å². The summed E-state index contributed by atoms with van der Waals surface area (Å²) in [6.45, 7) is 10.1. The Morgan fingerprint density at radius 3 is 2.32 bits per heavy atom. The van der Waals surface area contributed by atoms with Gasteiger partial charge in [-0.2, -0.15) is 0 Å². The van der Waals surface area contributed by atoms with Gasteiger partial charge >= 0.3 is 18.0 Å². The number of rotatable bonds is 26. The number of nitrogens with one attached hydrogen (secondary N) is 5. The summed E-state index contributed by atoms with van der Waals surface area (Å²) in [5, 5.41) is 34.1. The molecule has 2 aromatic heterocycles. The number of pyridine rings is 2. The van der Waals surface area contributed by atoms with Gasteiger partial charge in [-0.15, -0.1) is 11.8 Å². The number of anilines is 1. The van der Waals surface area contributed by atoms with Gasteiger partial charge in [0.05, 0.1) is 37.0 Å². The van der Waals surface area contributed by atoms with Crippen molar-refractivity contribution in [3.63, 3.8) is 0 Å². The summed E-state index contributed by atoms with van der Waals surface area (Å²) in [6.07, 6.45) is 2.36. The number of cyclic esters (lactones) is 1. The molecule has 4 aliphatic heterocycles. The zero-order valence-corrected chi connectivity index (χ0v) is 50.5. The Bertz CT molecular complexity index is 3340. The summed E-state index contributed by atoms with van der Waals surface area (Å²) >= 11 is 3.78. The quantitative estimate of drug-likeness (QED) is 0.0117. The van der Waals surface area contributed by atoms with Crippen molar-refractivity contribution >= 4 is 104 Å². The highest BCUT2D eigenvalue weighted by atomic mass is 127. The average molecular weight is 1290 g/mol. The van der Waals surface area contributed by atoms with Gasteiger partial charge in [0, 0.05) is 60.6 Å². The zero-order chi connectivity index (χ0) is 60.8. The normalized spacial score (nSPS) is 18.4. The van der Waals surface area contributed by atoms with Gasteiger partial charge in [0.25, 0.3) is 5.56 Å². The summed E-state index contributed by atoms with van der Waals surface area (Å²) in [4.78, 5) is 138. The van der Waals surface area contributed by atoms with Crippen LogP contribution >= 0.6 is 34.4 Å². The molecule has 3 unspecified atom stereocenters. The Labute approximate surface area is 501 Å². The lowest BCUT2D eigenvalue weighted by Gasteiger charge is -2.31. The zero-order valence-electron chi connectivity index (χ0n) is 47.5. The second kappa shape index (κ2) is 26.7. The van der Waals surface area contributed by atoms with Gasteiger partial charge in [-0.1, -0.05) is 81.7 Å². The predicted octanol–water partition coefficient (Wildman–Crippen LogP) is 5.54. The van der Waals surface area contributed by atoms with Crippen LogP contribution in [0.1, 0.15) is 134 Å². The average Bonchev–Trinajstić information content (AvgIpc) is 1.63. The van der Waals surface area contributed by atoms with E-state index in [2.05, 4.69) is 56.1 Å². The van der Waals surface area contributed by atoms with E-state index >= 15 is 0 Å². The minimum atomic E-state index is -2.03. The molecule has 0 saturated carbocycles. The van der Waals surface area contributed by atoms with Crippen LogP contribution in [0.3, 0.4) is 0 Å². The van der Waals surface area contributed by atoms with Crippen molar-refractivity contribution in [2.24, 2.45) is 5.92 Å². The molecule has 450 valence electrons. The number of fused-ring (bicyclic) bond motifs is 6. The Hall–Kier alpha value is -7.33. The SMILES string of the molecule is CCCCCC(C)(I)SC1CC(=O)N(CCC(=O)N[C@H](CC(C)C)C(=O)N[C@@H](C)C(=O)N[C@@H](CCC(=O)O)C(=O)Nc2ccc(COC(=O)NCc3c4c(nc5cc6c(cc35)OCO6)-c3cc5c(c(=O)n3C4)COC(=O)C5(O)CC)cc2)C1=O. The maximum absolute atomic E-state index is 13.9. The Balaban J connectivity index is 0.846. The minimum absolute atomic E-state index is 0.00847. The Morgan fingerprint density at radius 2 is 1.63 bits per heavy atom. The highest BCUT2D eigenvalue weighted by Gasteiger charge is 2.46. The van der Waals surface area contributed by atoms with Gasteiger partial charge in [-0.05, 0) is 80.8 Å². The summed E-state index contributed by atoms with van der Waals surface area (Å²) < 4.78 is 23.3. The lowest BCUT2D eigenvalue weighted by molar-refractivity contribution is -0.172. The van der Waals surface area contributed by atoms with Gasteiger partial charge in [-0.3, -0.25) is 43.3 Å². The number of carboxylic acids is 1. The molecule has 2 aromatic carbocycles. The maximum Gasteiger partial charge on any atom is 0.407 e. The smallest absolute Gasteiger partial charge is 0.407 e. The van der Waals surface area contributed by atoms with Crippen molar-refractivity contribution in [3.8, 4) is 22.9 Å². The number of amides is 7. The maximum atomic E-state index is 13.9. The predicted molar refractivity (Wildman–Crippen MR) is 314 cm³/mol. The third-order valence-corrected chi connectivity index (χ3v) is 17.7. The number of ether oxygens (including phenoxy) is 4. The Morgan fingerprint density at radius 1 is 0.905 bits per heavy atom. The molecule has 8 rings (SSSR count). The van der Waals surface area contributed by atoms with Crippen molar-refractivity contribution in [2.45, 2.75) is 164 Å². The summed E-state index contributed by atoms with van der Waals surface area (Å²) in [5.41, 5.74) is 1.05. The number of aliphatic hydroxyl groups is 1. The number of unbranched alkanes of at least 4 members (excludes halogenated alkanes) is 2. The molecule has 7 N–H and O–H groups in total. The second-order valence-corrected chi connectivity index (χ2v) is 26.7. The van der Waals surface area contributed by atoms with E-state index in [-0.39, 0.29) is 109 Å². The molecule has 0 radical (unpaired) electrons. The molecule has 84 heavy (non-hydrogen) atoms. The number of halogens is 1. The van der Waals surface area contributed by atoms with Gasteiger partial charge in [0.2, 0.25) is 42.2 Å². The van der Waals surface area contributed by atoms with E-state index in [1.807, 2.05) is 20.8 Å². The lowest BCUT2D eigenvalue weighted by atomic mass is 9.86. The van der Waals surface area contributed by atoms with E-state index in [4.69, 9.17) is 23.9 Å². The number of carbonyl (C=O) groups excluding carboxylic acids is 8. The first-order valence-electron chi connectivity index (χ1n) is 28.0. The third kappa shape index (κ3) is 14.4. The molecular formula is C58H69IN8O16S. The first-order chi connectivity index (χ1) is 39.9. The number of likely N-dealkylation sites (tertiary alicyclic amines) is 1. The first kappa shape index (κ1) is 62.7. The summed E-state index contributed by atoms with van der Waals surface area (Å²) in [6, 6.07) is 7.49. The standard InChI is InChI=1S/C58H69IN8O16S/c1-7-9-10-18-57(6,59)84-45-24-47(69)66(54(45)76)19-17-46(68)63-41(20-30(3)4)52(74)61-31(5)50(72)65-39(15-16-48(70)71)51(73)62-33-13-11-32(12-14-33)27-81-56(78)60-25-35-34-21-43-44(83-29-82-43)23-40(34)64-49-36(35)26-67-42(49)22-38-37(53(67)75)28-80-55(77)58(38,79)8-2/h11-14,21-23,30-31,39,41,45,79H,7-10,15-20,24-29H2,1-6H3,(H,60,78)(H,61,74)(H,62,73)(H,63,68)(H,65,72)(H,70,71)/t31-,39-,41+,45?,57?,58?/m0/s1. The van der Waals surface area contributed by atoms with Crippen molar-refractivity contribution in [1.82, 2.24) is 35.7 Å². The molecular weight excluding hydrogens is 1220 g/mol. The number of hydrogen-bond acceptors (Lipinski definition) is 17. The van der Waals surface area contributed by atoms with Crippen molar-refractivity contribution in [1.29, 1.82) is 0 Å². The van der Waals surface area contributed by atoms with E-state index < -0.39 is 82.6 Å². The van der Waals surface area contributed by atoms with Crippen LogP contribution in [0.5, 0.6) is 11.5 Å². The number of imide groups is 1. The van der Waals surface area contributed by atoms with E-state index in [1.54, 1.807) is 37.3 Å². The number of alkyl carbamates (subject to hydrolysis) is 1. The molecule has 1 fully saturated rings. The number of carbonyl (C=O) groups is 9. The molecule has 1 saturated heterocycles. The third-order valence-electron chi connectivity index (χ3n) is 15.1. The summed E-state index contributed by atoms with van der Waals surface area (Å²) in [7, 11) is 0. The van der Waals surface area contributed by atoms with E-state index in [9.17, 15) is 58.2 Å². The van der Waals surface area contributed by atoms with E-state index in [0.717, 1.165) is 30.6 Å². The van der Waals surface area contributed by atoms with Gasteiger partial charge in [-0.25, -0.2) is 14.6 Å². The number of alkyl halides is 1. The summed E-state index contributed by atoms with van der Waals surface area (Å²) in [5.74, 6) is -4.82. The number of aliphatic carboxylic acids is 1. The highest BCUT2D eigenvalue weighted by molar-refractivity contribution is 14.1. The molecule has 6 heterocycles. The van der Waals surface area contributed by atoms with Crippen molar-refractivity contribution < 1.29 is 72.3 Å². The van der Waals surface area contributed by atoms with Gasteiger partial charge < -0.3 is 60.3 Å². The highest BCUT2D eigenvalue weighted by Crippen LogP contribution is 2.45. The Kier molecular flexibility index (Phi) is 19.9. The van der Waals surface area contributed by atoms with E-state index in [1.165, 1.54) is 35.4 Å². The van der Waals surface area contributed by atoms with Gasteiger partial charge in [0.1, 0.15) is 31.3 Å². The van der Waals surface area contributed by atoms with Crippen LogP contribution in [-0.2, 0) is 79.7 Å². The van der Waals surface area contributed by atoms with E-state index in [0.29, 0.717) is 50.5 Å². The monoisotopic (exact) mass is 1290 g/mol. The number of nitrogens with zero attached hydrogens (tertiary/aromatic N) is 3. The van der Waals surface area contributed by atoms with Crippen LogP contribution in [0.25, 0.3) is 22.3 Å². The van der Waals surface area contributed by atoms with Crippen LogP contribution in [0.2, 0.25) is 0 Å². The number of benzene rings is 2. The van der Waals surface area contributed by atoms with Crippen LogP contribution < -0.4 is 41.6 Å². The molecule has 26 heteroatoms. The number of thioether (sulfide) groups is 1. The van der Waals surface area contributed by atoms with Crippen molar-refractivity contribution in [3.05, 3.63) is 80.6 Å². The molecule has 7 amide bonds. The largest absolute Gasteiger partial charge is 0.481 e. The fraction of sp³-hybridized carbons (Fsp3) is 0.500. The fourth-order valence-corrected chi connectivity index (χ4v) is 13.1. The molecule has 24 nitrogen and oxygen atoms in total. The van der Waals surface area contributed by atoms with Crippen molar-refractivity contribution in [2.75, 3.05) is 18.7 Å².